The molecule has 0 aliphatic heterocycles. The van der Waals surface area contributed by atoms with Crippen molar-refractivity contribution in [1.82, 2.24) is 0 Å². The van der Waals surface area contributed by atoms with Crippen molar-refractivity contribution in [3.05, 3.63) is 83.4 Å². The zero-order chi connectivity index (χ0) is 21.5. The van der Waals surface area contributed by atoms with Crippen molar-refractivity contribution in [2.75, 3.05) is 19.5 Å². The molecule has 0 heterocycles. The SMILES string of the molecule is COC(=O)c1cccc(NC(=O)c2ccc(OCc3ccccc3)c(OC)c2)c1O. The Hall–Kier alpha value is -4.00. The lowest BCUT2D eigenvalue weighted by molar-refractivity contribution is 0.0597. The number of rotatable bonds is 7. The summed E-state index contributed by atoms with van der Waals surface area (Å²) < 4.78 is 15.8. The zero-order valence-corrected chi connectivity index (χ0v) is 16.5. The largest absolute Gasteiger partial charge is 0.505 e. The second-order valence-corrected chi connectivity index (χ2v) is 6.29. The number of carbonyl (C=O) groups excluding carboxylic acids is 2. The summed E-state index contributed by atoms with van der Waals surface area (Å²) in [5, 5.41) is 12.8. The highest BCUT2D eigenvalue weighted by Crippen LogP contribution is 2.31. The molecule has 0 aromatic heterocycles. The first kappa shape index (κ1) is 20.7. The van der Waals surface area contributed by atoms with Gasteiger partial charge in [0.1, 0.15) is 12.2 Å². The normalized spacial score (nSPS) is 10.2. The molecular weight excluding hydrogens is 386 g/mol. The van der Waals surface area contributed by atoms with E-state index in [4.69, 9.17) is 9.47 Å². The number of nitrogens with one attached hydrogen (secondary N) is 1. The van der Waals surface area contributed by atoms with Crippen LogP contribution in [-0.2, 0) is 11.3 Å². The first-order chi connectivity index (χ1) is 14.5. The maximum atomic E-state index is 12.6. The van der Waals surface area contributed by atoms with E-state index < -0.39 is 11.9 Å². The fraction of sp³-hybridized carbons (Fsp3) is 0.130. The lowest BCUT2D eigenvalue weighted by Crippen LogP contribution is -2.13. The van der Waals surface area contributed by atoms with E-state index in [0.717, 1.165) is 5.56 Å². The Labute approximate surface area is 173 Å². The van der Waals surface area contributed by atoms with E-state index in [1.165, 1.54) is 38.5 Å². The van der Waals surface area contributed by atoms with E-state index in [2.05, 4.69) is 10.1 Å². The molecule has 3 rings (SSSR count). The number of benzene rings is 3. The second-order valence-electron chi connectivity index (χ2n) is 6.29. The van der Waals surface area contributed by atoms with Gasteiger partial charge < -0.3 is 24.6 Å². The standard InChI is InChI=1S/C23H21NO6/c1-28-20-13-16(11-12-19(20)30-14-15-7-4-3-5-8-15)22(26)24-18-10-6-9-17(21(18)25)23(27)29-2/h3-13,25H,14H2,1-2H3,(H,24,26). The summed E-state index contributed by atoms with van der Waals surface area (Å²) in [7, 11) is 2.69. The van der Waals surface area contributed by atoms with Gasteiger partial charge in [-0.1, -0.05) is 36.4 Å². The monoisotopic (exact) mass is 407 g/mol. The predicted molar refractivity (Wildman–Crippen MR) is 111 cm³/mol. The van der Waals surface area contributed by atoms with E-state index in [1.807, 2.05) is 30.3 Å². The topological polar surface area (TPSA) is 94.1 Å². The highest BCUT2D eigenvalue weighted by Gasteiger charge is 2.17. The van der Waals surface area contributed by atoms with Crippen molar-refractivity contribution < 1.29 is 28.9 Å². The van der Waals surface area contributed by atoms with E-state index in [9.17, 15) is 14.7 Å². The number of phenolic OH excluding ortho intramolecular Hbond substituents is 1. The Bertz CT molecular complexity index is 1050. The Kier molecular flexibility index (Phi) is 6.54. The van der Waals surface area contributed by atoms with Gasteiger partial charge in [-0.05, 0) is 35.9 Å². The molecule has 0 radical (unpaired) electrons. The van der Waals surface area contributed by atoms with E-state index in [-0.39, 0.29) is 17.0 Å². The quantitative estimate of drug-likeness (QED) is 0.454. The van der Waals surface area contributed by atoms with Crippen LogP contribution in [0.3, 0.4) is 0 Å². The summed E-state index contributed by atoms with van der Waals surface area (Å²) in [5.41, 5.74) is 1.34. The van der Waals surface area contributed by atoms with Crippen LogP contribution in [0.15, 0.2) is 66.7 Å². The molecule has 30 heavy (non-hydrogen) atoms. The van der Waals surface area contributed by atoms with Gasteiger partial charge in [0.05, 0.1) is 19.9 Å². The van der Waals surface area contributed by atoms with Gasteiger partial charge in [-0.25, -0.2) is 4.79 Å². The number of amides is 1. The molecule has 1 amide bonds. The third kappa shape index (κ3) is 4.70. The molecule has 3 aromatic rings. The Balaban J connectivity index is 1.76. The van der Waals surface area contributed by atoms with Crippen LogP contribution < -0.4 is 14.8 Å². The molecule has 3 aromatic carbocycles. The Morgan fingerprint density at radius 3 is 2.40 bits per heavy atom. The number of phenols is 1. The minimum absolute atomic E-state index is 0.0439. The van der Waals surface area contributed by atoms with Crippen LogP contribution in [0.2, 0.25) is 0 Å². The van der Waals surface area contributed by atoms with Gasteiger partial charge in [0.25, 0.3) is 5.91 Å². The highest BCUT2D eigenvalue weighted by atomic mass is 16.5. The summed E-state index contributed by atoms with van der Waals surface area (Å²) in [5.74, 6) is -0.669. The van der Waals surface area contributed by atoms with Gasteiger partial charge in [0, 0.05) is 5.56 Å². The maximum Gasteiger partial charge on any atom is 0.341 e. The molecule has 0 saturated heterocycles. The number of anilines is 1. The molecule has 0 unspecified atom stereocenters. The number of carbonyl (C=O) groups is 2. The lowest BCUT2D eigenvalue weighted by Gasteiger charge is -2.13. The van der Waals surface area contributed by atoms with Crippen LogP contribution >= 0.6 is 0 Å². The van der Waals surface area contributed by atoms with Crippen LogP contribution in [-0.4, -0.2) is 31.2 Å². The van der Waals surface area contributed by atoms with Gasteiger partial charge in [-0.2, -0.15) is 0 Å². The number of para-hydroxylation sites is 1. The van der Waals surface area contributed by atoms with Crippen LogP contribution in [0.4, 0.5) is 5.69 Å². The Morgan fingerprint density at radius 1 is 0.933 bits per heavy atom. The molecule has 0 spiro atoms. The molecule has 154 valence electrons. The van der Waals surface area contributed by atoms with E-state index in [0.29, 0.717) is 23.7 Å². The molecule has 0 aliphatic carbocycles. The fourth-order valence-electron chi connectivity index (χ4n) is 2.78. The van der Waals surface area contributed by atoms with Gasteiger partial charge in [0.15, 0.2) is 17.2 Å². The van der Waals surface area contributed by atoms with Crippen molar-refractivity contribution in [2.24, 2.45) is 0 Å². The molecule has 0 atom stereocenters. The third-order valence-electron chi connectivity index (χ3n) is 4.35. The molecule has 0 fully saturated rings. The first-order valence-electron chi connectivity index (χ1n) is 9.10. The zero-order valence-electron chi connectivity index (χ0n) is 16.5. The average Bonchev–Trinajstić information content (AvgIpc) is 2.79. The number of aromatic hydroxyl groups is 1. The minimum atomic E-state index is -0.704. The van der Waals surface area contributed by atoms with Crippen molar-refractivity contribution in [1.29, 1.82) is 0 Å². The van der Waals surface area contributed by atoms with Crippen molar-refractivity contribution in [3.8, 4) is 17.2 Å². The van der Waals surface area contributed by atoms with Crippen LogP contribution in [0.5, 0.6) is 17.2 Å². The van der Waals surface area contributed by atoms with Crippen LogP contribution in [0, 0.1) is 0 Å². The average molecular weight is 407 g/mol. The second kappa shape index (κ2) is 9.47. The summed E-state index contributed by atoms with van der Waals surface area (Å²) >= 11 is 0. The number of hydrogen-bond acceptors (Lipinski definition) is 6. The third-order valence-corrected chi connectivity index (χ3v) is 4.35. The predicted octanol–water partition coefficient (Wildman–Crippen LogP) is 4.02. The van der Waals surface area contributed by atoms with Gasteiger partial charge in [-0.15, -0.1) is 0 Å². The molecule has 7 nitrogen and oxygen atoms in total. The maximum absolute atomic E-state index is 12.6. The van der Waals surface area contributed by atoms with E-state index in [1.54, 1.807) is 12.1 Å². The molecule has 0 saturated carbocycles. The van der Waals surface area contributed by atoms with E-state index >= 15 is 0 Å². The van der Waals surface area contributed by atoms with Gasteiger partial charge in [-0.3, -0.25) is 4.79 Å². The number of hydrogen-bond donors (Lipinski definition) is 2. The fourth-order valence-corrected chi connectivity index (χ4v) is 2.78. The lowest BCUT2D eigenvalue weighted by atomic mass is 10.1. The number of ether oxygens (including phenoxy) is 3. The van der Waals surface area contributed by atoms with Gasteiger partial charge in [0.2, 0.25) is 0 Å². The van der Waals surface area contributed by atoms with Gasteiger partial charge >= 0.3 is 5.97 Å². The number of esters is 1. The highest BCUT2D eigenvalue weighted by molar-refractivity contribution is 6.06. The van der Waals surface area contributed by atoms with Crippen molar-refractivity contribution in [3.63, 3.8) is 0 Å². The van der Waals surface area contributed by atoms with Crippen molar-refractivity contribution in [2.45, 2.75) is 6.61 Å². The molecule has 0 aliphatic rings. The summed E-state index contributed by atoms with van der Waals surface area (Å²) in [6.45, 7) is 0.358. The molecule has 7 heteroatoms. The summed E-state index contributed by atoms with van der Waals surface area (Å²) in [6, 6.07) is 18.8. The summed E-state index contributed by atoms with van der Waals surface area (Å²) in [4.78, 5) is 24.3. The van der Waals surface area contributed by atoms with Crippen molar-refractivity contribution >= 4 is 17.6 Å². The summed E-state index contributed by atoms with van der Waals surface area (Å²) in [6.07, 6.45) is 0. The Morgan fingerprint density at radius 2 is 1.70 bits per heavy atom. The van der Waals surface area contributed by atoms with Crippen LogP contribution in [0.1, 0.15) is 26.3 Å². The number of methoxy groups -OCH3 is 2. The smallest absolute Gasteiger partial charge is 0.341 e. The molecular formula is C23H21NO6. The molecule has 2 N–H and O–H groups in total. The minimum Gasteiger partial charge on any atom is -0.505 e. The first-order valence-corrected chi connectivity index (χ1v) is 9.10. The van der Waals surface area contributed by atoms with Crippen LogP contribution in [0.25, 0.3) is 0 Å². The molecule has 0 bridgehead atoms.